The highest BCUT2D eigenvalue weighted by Gasteiger charge is 2.18. The predicted molar refractivity (Wildman–Crippen MR) is 84.3 cm³/mol. The molecule has 6 heteroatoms. The van der Waals surface area contributed by atoms with Gasteiger partial charge in [0.2, 0.25) is 5.91 Å². The molecule has 0 aliphatic rings. The van der Waals surface area contributed by atoms with Gasteiger partial charge in [0.25, 0.3) is 0 Å². The van der Waals surface area contributed by atoms with Gasteiger partial charge < -0.3 is 10.1 Å². The van der Waals surface area contributed by atoms with Crippen molar-refractivity contribution < 1.29 is 14.3 Å². The molecule has 2 heterocycles. The SMILES string of the molecule is COC(=O)CC(NC(=O)CCc1ccncc1)c1ccncc1. The van der Waals surface area contributed by atoms with Gasteiger partial charge in [0.1, 0.15) is 0 Å². The van der Waals surface area contributed by atoms with Gasteiger partial charge in [-0.15, -0.1) is 0 Å². The molecule has 1 atom stereocenters. The molecule has 1 unspecified atom stereocenters. The first-order valence-corrected chi connectivity index (χ1v) is 7.34. The number of nitrogens with one attached hydrogen (secondary N) is 1. The molecule has 0 spiro atoms. The fourth-order valence-corrected chi connectivity index (χ4v) is 2.17. The Morgan fingerprint density at radius 1 is 1.09 bits per heavy atom. The van der Waals surface area contributed by atoms with Gasteiger partial charge >= 0.3 is 5.97 Å². The number of hydrogen-bond acceptors (Lipinski definition) is 5. The van der Waals surface area contributed by atoms with Crippen LogP contribution in [0.3, 0.4) is 0 Å². The summed E-state index contributed by atoms with van der Waals surface area (Å²) in [5.41, 5.74) is 1.87. The van der Waals surface area contributed by atoms with Gasteiger partial charge in [-0.2, -0.15) is 0 Å². The van der Waals surface area contributed by atoms with Gasteiger partial charge in [0, 0.05) is 31.2 Å². The van der Waals surface area contributed by atoms with Crippen LogP contribution in [0.1, 0.15) is 30.0 Å². The Morgan fingerprint density at radius 3 is 2.30 bits per heavy atom. The molecule has 6 nitrogen and oxygen atoms in total. The zero-order chi connectivity index (χ0) is 16.5. The summed E-state index contributed by atoms with van der Waals surface area (Å²) in [6.45, 7) is 0. The second-order valence-corrected chi connectivity index (χ2v) is 5.04. The highest BCUT2D eigenvalue weighted by Crippen LogP contribution is 2.17. The second-order valence-electron chi connectivity index (χ2n) is 5.04. The molecule has 0 aliphatic carbocycles. The van der Waals surface area contributed by atoms with Crippen molar-refractivity contribution in [3.8, 4) is 0 Å². The average molecular weight is 313 g/mol. The molecule has 2 rings (SSSR count). The van der Waals surface area contributed by atoms with Crippen LogP contribution in [0.5, 0.6) is 0 Å². The van der Waals surface area contributed by atoms with Crippen LogP contribution >= 0.6 is 0 Å². The molecule has 0 saturated heterocycles. The first-order chi connectivity index (χ1) is 11.2. The van der Waals surface area contributed by atoms with E-state index in [9.17, 15) is 9.59 Å². The zero-order valence-electron chi connectivity index (χ0n) is 12.9. The third kappa shape index (κ3) is 5.50. The van der Waals surface area contributed by atoms with Crippen molar-refractivity contribution in [1.29, 1.82) is 0 Å². The minimum absolute atomic E-state index is 0.0848. The predicted octanol–water partition coefficient (Wildman–Crippen LogP) is 1.83. The topological polar surface area (TPSA) is 81.2 Å². The molecule has 1 amide bonds. The van der Waals surface area contributed by atoms with Gasteiger partial charge in [-0.1, -0.05) is 0 Å². The van der Waals surface area contributed by atoms with Crippen LogP contribution in [0.25, 0.3) is 0 Å². The van der Waals surface area contributed by atoms with Gasteiger partial charge in [-0.05, 0) is 41.8 Å². The number of carbonyl (C=O) groups excluding carboxylic acids is 2. The van der Waals surface area contributed by atoms with Gasteiger partial charge in [-0.3, -0.25) is 19.6 Å². The zero-order valence-corrected chi connectivity index (χ0v) is 12.9. The molecule has 23 heavy (non-hydrogen) atoms. The minimum atomic E-state index is -0.421. The summed E-state index contributed by atoms with van der Waals surface area (Å²) in [7, 11) is 1.33. The number of carbonyl (C=O) groups is 2. The number of amides is 1. The van der Waals surface area contributed by atoms with Gasteiger partial charge in [0.15, 0.2) is 0 Å². The first-order valence-electron chi connectivity index (χ1n) is 7.34. The summed E-state index contributed by atoms with van der Waals surface area (Å²) in [4.78, 5) is 31.6. The lowest BCUT2D eigenvalue weighted by atomic mass is 10.0. The Balaban J connectivity index is 1.96. The largest absolute Gasteiger partial charge is 0.469 e. The molecule has 0 aromatic carbocycles. The van der Waals surface area contributed by atoms with Crippen LogP contribution in [-0.4, -0.2) is 29.0 Å². The van der Waals surface area contributed by atoms with E-state index in [0.29, 0.717) is 12.8 Å². The Morgan fingerprint density at radius 2 is 1.70 bits per heavy atom. The number of nitrogens with zero attached hydrogens (tertiary/aromatic N) is 2. The molecule has 0 radical (unpaired) electrons. The highest BCUT2D eigenvalue weighted by molar-refractivity contribution is 5.78. The smallest absolute Gasteiger partial charge is 0.307 e. The van der Waals surface area contributed by atoms with E-state index in [1.54, 1.807) is 36.9 Å². The summed E-state index contributed by atoms with van der Waals surface area (Å²) in [5.74, 6) is -0.492. The third-order valence-electron chi connectivity index (χ3n) is 3.43. The van der Waals surface area contributed by atoms with E-state index >= 15 is 0 Å². The minimum Gasteiger partial charge on any atom is -0.469 e. The Labute approximate surface area is 134 Å². The lowest BCUT2D eigenvalue weighted by molar-refractivity contribution is -0.141. The second kappa shape index (κ2) is 8.63. The normalized spacial score (nSPS) is 11.5. The summed E-state index contributed by atoms with van der Waals surface area (Å²) in [6, 6.07) is 6.88. The van der Waals surface area contributed by atoms with Gasteiger partial charge in [0.05, 0.1) is 19.6 Å². The molecule has 120 valence electrons. The van der Waals surface area contributed by atoms with E-state index in [4.69, 9.17) is 4.74 Å². The highest BCUT2D eigenvalue weighted by atomic mass is 16.5. The molecular weight excluding hydrogens is 294 g/mol. The molecular formula is C17H19N3O3. The molecule has 2 aromatic rings. The van der Waals surface area contributed by atoms with Crippen molar-refractivity contribution in [2.24, 2.45) is 0 Å². The van der Waals surface area contributed by atoms with Gasteiger partial charge in [-0.25, -0.2) is 0 Å². The summed E-state index contributed by atoms with van der Waals surface area (Å²) < 4.78 is 4.70. The van der Waals surface area contributed by atoms with E-state index in [1.807, 2.05) is 12.1 Å². The van der Waals surface area contributed by atoms with Crippen molar-refractivity contribution in [3.63, 3.8) is 0 Å². The van der Waals surface area contributed by atoms with E-state index < -0.39 is 6.04 Å². The summed E-state index contributed by atoms with van der Waals surface area (Å²) in [5, 5.41) is 2.89. The van der Waals surface area contributed by atoms with Crippen LogP contribution in [0.15, 0.2) is 49.1 Å². The van der Waals surface area contributed by atoms with E-state index in [2.05, 4.69) is 15.3 Å². The fraction of sp³-hybridized carbons (Fsp3) is 0.294. The van der Waals surface area contributed by atoms with Crippen molar-refractivity contribution in [2.75, 3.05) is 7.11 Å². The molecule has 0 aliphatic heterocycles. The number of pyridine rings is 2. The van der Waals surface area contributed by atoms with Crippen LogP contribution in [-0.2, 0) is 20.7 Å². The standard InChI is InChI=1S/C17H19N3O3/c1-23-17(22)12-15(14-6-10-19-11-7-14)20-16(21)3-2-13-4-8-18-9-5-13/h4-11,15H,2-3,12H2,1H3,(H,20,21). The maximum Gasteiger partial charge on any atom is 0.307 e. The lowest BCUT2D eigenvalue weighted by Gasteiger charge is -2.18. The molecule has 2 aromatic heterocycles. The van der Waals surface area contributed by atoms with E-state index in [1.165, 1.54) is 7.11 Å². The molecule has 1 N–H and O–H groups in total. The molecule has 0 bridgehead atoms. The van der Waals surface area contributed by atoms with Crippen molar-refractivity contribution in [1.82, 2.24) is 15.3 Å². The number of ether oxygens (including phenoxy) is 1. The fourth-order valence-electron chi connectivity index (χ4n) is 2.17. The maximum atomic E-state index is 12.2. The van der Waals surface area contributed by atoms with Crippen molar-refractivity contribution in [3.05, 3.63) is 60.2 Å². The van der Waals surface area contributed by atoms with Crippen LogP contribution < -0.4 is 5.32 Å². The monoisotopic (exact) mass is 313 g/mol. The van der Waals surface area contributed by atoms with Crippen LogP contribution in [0.4, 0.5) is 0 Å². The number of methoxy groups -OCH3 is 1. The first kappa shape index (κ1) is 16.6. The maximum absolute atomic E-state index is 12.2. The number of rotatable bonds is 7. The number of hydrogen-bond donors (Lipinski definition) is 1. The summed E-state index contributed by atoms with van der Waals surface area (Å²) in [6.07, 6.45) is 7.70. The van der Waals surface area contributed by atoms with Crippen LogP contribution in [0.2, 0.25) is 0 Å². The third-order valence-corrected chi connectivity index (χ3v) is 3.43. The Bertz CT molecular complexity index is 632. The molecule has 0 saturated carbocycles. The number of aromatic nitrogens is 2. The Hall–Kier alpha value is -2.76. The van der Waals surface area contributed by atoms with E-state index in [-0.39, 0.29) is 18.3 Å². The van der Waals surface area contributed by atoms with Crippen molar-refractivity contribution in [2.45, 2.75) is 25.3 Å². The number of aryl methyl sites for hydroxylation is 1. The molecule has 0 fully saturated rings. The van der Waals surface area contributed by atoms with Crippen LogP contribution in [0, 0.1) is 0 Å². The summed E-state index contributed by atoms with van der Waals surface area (Å²) >= 11 is 0. The lowest BCUT2D eigenvalue weighted by Crippen LogP contribution is -2.30. The van der Waals surface area contributed by atoms with E-state index in [0.717, 1.165) is 11.1 Å². The Kier molecular flexibility index (Phi) is 6.23. The quantitative estimate of drug-likeness (QED) is 0.789. The average Bonchev–Trinajstić information content (AvgIpc) is 2.61. The number of esters is 1. The van der Waals surface area contributed by atoms with Crippen molar-refractivity contribution >= 4 is 11.9 Å².